The van der Waals surface area contributed by atoms with Crippen molar-refractivity contribution in [3.8, 4) is 5.75 Å². The van der Waals surface area contributed by atoms with Gasteiger partial charge in [0.1, 0.15) is 22.7 Å². The first-order valence-electron chi connectivity index (χ1n) is 18.4. The molecule has 5 aromatic rings. The highest BCUT2D eigenvalue weighted by atomic mass is 19.4. The first-order valence-corrected chi connectivity index (χ1v) is 18.4. The minimum atomic E-state index is -4.66. The zero-order valence-electron chi connectivity index (χ0n) is 30.2. The Morgan fingerprint density at radius 3 is 2.47 bits per heavy atom. The lowest BCUT2D eigenvalue weighted by Gasteiger charge is -2.39. The minimum Gasteiger partial charge on any atom is -0.494 e. The molecule has 4 amide bonds. The topological polar surface area (TPSA) is 138 Å². The average molecular weight is 756 g/mol. The van der Waals surface area contributed by atoms with Crippen LogP contribution < -0.4 is 25.2 Å². The van der Waals surface area contributed by atoms with Crippen molar-refractivity contribution in [2.45, 2.75) is 44.3 Å². The predicted octanol–water partition coefficient (Wildman–Crippen LogP) is 6.26. The summed E-state index contributed by atoms with van der Waals surface area (Å²) < 4.78 is 47.0. The number of nitrogens with one attached hydrogen (secondary N) is 2. The van der Waals surface area contributed by atoms with Crippen LogP contribution in [0.2, 0.25) is 0 Å². The number of nitrogens with zero attached hydrogens (tertiary/aromatic N) is 7. The van der Waals surface area contributed by atoms with Crippen LogP contribution in [0.15, 0.2) is 67.1 Å². The predicted molar refractivity (Wildman–Crippen MR) is 200 cm³/mol. The van der Waals surface area contributed by atoms with Gasteiger partial charge >= 0.3 is 12.2 Å². The van der Waals surface area contributed by atoms with E-state index in [9.17, 15) is 27.6 Å². The van der Waals surface area contributed by atoms with Crippen molar-refractivity contribution >= 4 is 56.6 Å². The Kier molecular flexibility index (Phi) is 9.75. The molecule has 13 nitrogen and oxygen atoms in total. The molecular weight excluding hydrogens is 715 g/mol. The molecule has 3 fully saturated rings. The Labute approximate surface area is 314 Å². The molecule has 55 heavy (non-hydrogen) atoms. The number of halogens is 3. The van der Waals surface area contributed by atoms with Crippen LogP contribution in [0.4, 0.5) is 35.0 Å². The van der Waals surface area contributed by atoms with E-state index in [0.29, 0.717) is 35.1 Å². The Morgan fingerprint density at radius 1 is 0.945 bits per heavy atom. The van der Waals surface area contributed by atoms with Crippen LogP contribution >= 0.6 is 0 Å². The normalized spacial score (nSPS) is 19.9. The first-order chi connectivity index (χ1) is 26.5. The number of piperazine rings is 1. The standard InChI is InChI=1S/C39H40F3N9O4/c1-55-33-19-26(44-37(53)30-5-3-7-34(45-30)39(40,41)42)18-25-23-51(47-36(25)33)27-10-8-24(9-11-27)22-48-14-16-49(17-15-48)31-6-2-4-28-29(31)20-43-21-32(28)50-13-12-35(52)46-38(50)54/h2-7,18-21,23-24,27H,8-17,22H2,1H3,(H,44,53)(H,46,52,54)/t24-,27-. The van der Waals surface area contributed by atoms with Crippen LogP contribution in [-0.4, -0.2) is 88.9 Å². The van der Waals surface area contributed by atoms with Crippen molar-refractivity contribution in [3.05, 3.63) is 78.5 Å². The Hall–Kier alpha value is -5.77. The number of hydrogen-bond acceptors (Lipinski definition) is 9. The highest BCUT2D eigenvalue weighted by Crippen LogP contribution is 2.37. The van der Waals surface area contributed by atoms with E-state index in [-0.39, 0.29) is 24.1 Å². The van der Waals surface area contributed by atoms with Crippen molar-refractivity contribution in [1.29, 1.82) is 0 Å². The molecule has 1 saturated carbocycles. The lowest BCUT2D eigenvalue weighted by molar-refractivity contribution is -0.141. The highest BCUT2D eigenvalue weighted by molar-refractivity contribution is 6.11. The molecule has 1 aliphatic carbocycles. The number of carbonyl (C=O) groups is 3. The van der Waals surface area contributed by atoms with Crippen LogP contribution in [0.1, 0.15) is 54.3 Å². The van der Waals surface area contributed by atoms with Gasteiger partial charge in [-0.3, -0.25) is 34.4 Å². The molecule has 8 rings (SSSR count). The molecule has 3 aliphatic rings. The highest BCUT2D eigenvalue weighted by Gasteiger charge is 2.33. The van der Waals surface area contributed by atoms with E-state index >= 15 is 0 Å². The lowest BCUT2D eigenvalue weighted by Crippen LogP contribution is -2.49. The van der Waals surface area contributed by atoms with Gasteiger partial charge in [0.15, 0.2) is 0 Å². The third kappa shape index (κ3) is 7.50. The van der Waals surface area contributed by atoms with Gasteiger partial charge in [0.05, 0.1) is 25.0 Å². The Bertz CT molecular complexity index is 2260. The number of anilines is 3. The number of carbonyl (C=O) groups excluding carboxylic acids is 3. The largest absolute Gasteiger partial charge is 0.494 e. The van der Waals surface area contributed by atoms with E-state index in [2.05, 4.69) is 36.5 Å². The second kappa shape index (κ2) is 14.8. The number of aromatic nitrogens is 4. The number of hydrogen-bond donors (Lipinski definition) is 2. The molecule has 0 unspecified atom stereocenters. The number of alkyl halides is 3. The molecule has 0 atom stereocenters. The fourth-order valence-corrected chi connectivity index (χ4v) is 8.03. The number of ether oxygens (including phenoxy) is 1. The molecule has 2 N–H and O–H groups in total. The summed E-state index contributed by atoms with van der Waals surface area (Å²) in [6.07, 6.45) is 5.15. The monoisotopic (exact) mass is 755 g/mol. The van der Waals surface area contributed by atoms with Gasteiger partial charge in [-0.05, 0) is 55.9 Å². The van der Waals surface area contributed by atoms with E-state index in [1.54, 1.807) is 23.2 Å². The Balaban J connectivity index is 0.869. The van der Waals surface area contributed by atoms with Crippen LogP contribution in [-0.2, 0) is 11.0 Å². The van der Waals surface area contributed by atoms with Crippen LogP contribution in [0, 0.1) is 5.92 Å². The number of pyridine rings is 2. The molecule has 16 heteroatoms. The van der Waals surface area contributed by atoms with Gasteiger partial charge in [-0.2, -0.15) is 18.3 Å². The van der Waals surface area contributed by atoms with Gasteiger partial charge in [-0.15, -0.1) is 0 Å². The van der Waals surface area contributed by atoms with Gasteiger partial charge in [0, 0.05) is 91.7 Å². The van der Waals surface area contributed by atoms with Crippen molar-refractivity contribution in [3.63, 3.8) is 0 Å². The molecule has 2 aromatic carbocycles. The molecule has 0 bridgehead atoms. The number of methoxy groups -OCH3 is 1. The zero-order valence-corrected chi connectivity index (χ0v) is 30.2. The van der Waals surface area contributed by atoms with Gasteiger partial charge in [0.2, 0.25) is 5.91 Å². The van der Waals surface area contributed by atoms with Crippen molar-refractivity contribution < 1.29 is 32.3 Å². The summed E-state index contributed by atoms with van der Waals surface area (Å²) in [5.74, 6) is -0.00954. The summed E-state index contributed by atoms with van der Waals surface area (Å²) >= 11 is 0. The quantitative estimate of drug-likeness (QED) is 0.188. The molecule has 2 aliphatic heterocycles. The summed E-state index contributed by atoms with van der Waals surface area (Å²) in [6, 6.07) is 12.5. The smallest absolute Gasteiger partial charge is 0.433 e. The molecule has 0 radical (unpaired) electrons. The van der Waals surface area contributed by atoms with Crippen molar-refractivity contribution in [2.75, 3.05) is 61.5 Å². The minimum absolute atomic E-state index is 0.207. The lowest BCUT2D eigenvalue weighted by atomic mass is 9.85. The van der Waals surface area contributed by atoms with E-state index in [4.69, 9.17) is 9.84 Å². The number of urea groups is 1. The summed E-state index contributed by atoms with van der Waals surface area (Å²) in [4.78, 5) is 51.6. The maximum absolute atomic E-state index is 13.1. The van der Waals surface area contributed by atoms with Crippen molar-refractivity contribution in [2.24, 2.45) is 5.92 Å². The number of benzene rings is 2. The summed E-state index contributed by atoms with van der Waals surface area (Å²) in [7, 11) is 1.51. The Morgan fingerprint density at radius 2 is 1.73 bits per heavy atom. The first kappa shape index (κ1) is 36.2. The number of imide groups is 1. The van der Waals surface area contributed by atoms with Crippen LogP contribution in [0.25, 0.3) is 21.7 Å². The van der Waals surface area contributed by atoms with E-state index in [0.717, 1.165) is 92.4 Å². The van der Waals surface area contributed by atoms with Gasteiger partial charge in [-0.25, -0.2) is 9.78 Å². The maximum atomic E-state index is 13.1. The van der Waals surface area contributed by atoms with Gasteiger partial charge in [0.25, 0.3) is 5.91 Å². The van der Waals surface area contributed by atoms with Gasteiger partial charge in [-0.1, -0.05) is 18.2 Å². The summed E-state index contributed by atoms with van der Waals surface area (Å²) in [5, 5.41) is 12.6. The maximum Gasteiger partial charge on any atom is 0.433 e. The molecular formula is C39H40F3N9O4. The molecule has 5 heterocycles. The SMILES string of the molecule is COc1cc(NC(=O)c2cccc(C(F)(F)F)n2)cc2cn([C@H]3CC[C@H](CN4CCN(c5cccc6c(N7CCC(=O)NC7=O)cncc56)CC4)CC3)nc12. The third-order valence-electron chi connectivity index (χ3n) is 10.9. The summed E-state index contributed by atoms with van der Waals surface area (Å²) in [5.41, 5.74) is 1.32. The number of fused-ring (bicyclic) bond motifs is 2. The third-order valence-corrected chi connectivity index (χ3v) is 10.9. The molecule has 0 spiro atoms. The summed E-state index contributed by atoms with van der Waals surface area (Å²) in [6.45, 7) is 4.97. The number of amides is 4. The van der Waals surface area contributed by atoms with Gasteiger partial charge < -0.3 is 15.0 Å². The van der Waals surface area contributed by atoms with Crippen molar-refractivity contribution in [1.82, 2.24) is 30.0 Å². The van der Waals surface area contributed by atoms with Crippen LogP contribution in [0.3, 0.4) is 0 Å². The molecule has 286 valence electrons. The van der Waals surface area contributed by atoms with Crippen LogP contribution in [0.5, 0.6) is 5.75 Å². The fraction of sp³-hybridized carbons (Fsp3) is 0.385. The second-order valence-electron chi connectivity index (χ2n) is 14.3. The number of rotatable bonds is 8. The molecule has 2 saturated heterocycles. The molecule has 3 aromatic heterocycles. The second-order valence-corrected chi connectivity index (χ2v) is 14.3. The van der Waals surface area contributed by atoms with E-state index < -0.39 is 23.8 Å². The zero-order chi connectivity index (χ0) is 38.3. The fourth-order valence-electron chi connectivity index (χ4n) is 8.03. The van der Waals surface area contributed by atoms with E-state index in [1.165, 1.54) is 13.2 Å². The average Bonchev–Trinajstić information content (AvgIpc) is 3.62. The van der Waals surface area contributed by atoms with E-state index in [1.807, 2.05) is 29.2 Å².